The predicted octanol–water partition coefficient (Wildman–Crippen LogP) is 3.47. The summed E-state index contributed by atoms with van der Waals surface area (Å²) in [4.78, 5) is 4.55. The van der Waals surface area contributed by atoms with Gasteiger partial charge in [0.15, 0.2) is 5.82 Å². The number of benzene rings is 1. The van der Waals surface area contributed by atoms with Crippen LogP contribution in [-0.2, 0) is 6.54 Å². The molecular weight excluding hydrogens is 282 g/mol. The van der Waals surface area contributed by atoms with Crippen molar-refractivity contribution >= 4 is 16.7 Å². The van der Waals surface area contributed by atoms with Gasteiger partial charge in [-0.2, -0.15) is 14.5 Å². The molecule has 5 nitrogen and oxygen atoms in total. The standard InChI is InChI=1S/C15H17N5S/c1-9-6-4-5-7-12(9)14-17-15(21-20-14)16-8-13-10(2)11(3)18-19-13/h4-7H,8H2,1-3H3,(H,18,19)(H,16,17,20). The number of anilines is 1. The molecule has 1 aromatic carbocycles. The number of H-pyrrole nitrogens is 1. The fourth-order valence-electron chi connectivity index (χ4n) is 2.10. The maximum Gasteiger partial charge on any atom is 0.203 e. The van der Waals surface area contributed by atoms with Crippen molar-refractivity contribution in [2.24, 2.45) is 0 Å². The minimum absolute atomic E-state index is 0.651. The maximum atomic E-state index is 4.55. The summed E-state index contributed by atoms with van der Waals surface area (Å²) in [5.41, 5.74) is 5.56. The minimum atomic E-state index is 0.651. The summed E-state index contributed by atoms with van der Waals surface area (Å²) in [5, 5.41) is 11.4. The van der Waals surface area contributed by atoms with Gasteiger partial charge in [-0.3, -0.25) is 5.10 Å². The summed E-state index contributed by atoms with van der Waals surface area (Å²) in [6, 6.07) is 8.14. The molecule has 2 N–H and O–H groups in total. The van der Waals surface area contributed by atoms with Crippen molar-refractivity contribution < 1.29 is 0 Å². The third-order valence-corrected chi connectivity index (χ3v) is 4.25. The molecule has 0 aliphatic heterocycles. The largest absolute Gasteiger partial charge is 0.355 e. The molecule has 0 saturated carbocycles. The molecule has 0 aliphatic rings. The fraction of sp³-hybridized carbons (Fsp3) is 0.267. The van der Waals surface area contributed by atoms with Gasteiger partial charge in [0, 0.05) is 22.8 Å². The van der Waals surface area contributed by atoms with Crippen molar-refractivity contribution in [3.8, 4) is 11.4 Å². The first-order valence-corrected chi connectivity index (χ1v) is 7.56. The van der Waals surface area contributed by atoms with Gasteiger partial charge in [-0.15, -0.1) is 0 Å². The molecule has 3 rings (SSSR count). The molecule has 2 aromatic heterocycles. The van der Waals surface area contributed by atoms with Crippen molar-refractivity contribution in [1.82, 2.24) is 19.6 Å². The Labute approximate surface area is 127 Å². The van der Waals surface area contributed by atoms with E-state index in [-0.39, 0.29) is 0 Å². The van der Waals surface area contributed by atoms with Gasteiger partial charge in [0.1, 0.15) is 0 Å². The molecule has 2 heterocycles. The molecule has 6 heteroatoms. The lowest BCUT2D eigenvalue weighted by molar-refractivity contribution is 0.964. The van der Waals surface area contributed by atoms with Crippen molar-refractivity contribution in [3.05, 3.63) is 46.8 Å². The molecule has 21 heavy (non-hydrogen) atoms. The average molecular weight is 299 g/mol. The van der Waals surface area contributed by atoms with Gasteiger partial charge in [-0.05, 0) is 31.9 Å². The first kappa shape index (κ1) is 13.8. The van der Waals surface area contributed by atoms with E-state index in [2.05, 4.69) is 44.8 Å². The zero-order chi connectivity index (χ0) is 14.8. The molecule has 0 spiro atoms. The molecule has 0 fully saturated rings. The fourth-order valence-corrected chi connectivity index (χ4v) is 2.67. The Kier molecular flexibility index (Phi) is 3.70. The third-order valence-electron chi connectivity index (χ3n) is 3.57. The van der Waals surface area contributed by atoms with Crippen LogP contribution in [0.25, 0.3) is 11.4 Å². The molecule has 0 atom stereocenters. The summed E-state index contributed by atoms with van der Waals surface area (Å²) < 4.78 is 4.43. The van der Waals surface area contributed by atoms with Crippen LogP contribution in [0.15, 0.2) is 24.3 Å². The highest BCUT2D eigenvalue weighted by molar-refractivity contribution is 7.09. The topological polar surface area (TPSA) is 66.5 Å². The van der Waals surface area contributed by atoms with Crippen LogP contribution >= 0.6 is 11.5 Å². The van der Waals surface area contributed by atoms with Crippen LogP contribution in [0.1, 0.15) is 22.5 Å². The number of nitrogens with one attached hydrogen (secondary N) is 2. The average Bonchev–Trinajstić information content (AvgIpc) is 3.06. The van der Waals surface area contributed by atoms with E-state index in [0.717, 1.165) is 27.9 Å². The Morgan fingerprint density at radius 2 is 2.00 bits per heavy atom. The van der Waals surface area contributed by atoms with E-state index < -0.39 is 0 Å². The van der Waals surface area contributed by atoms with E-state index in [1.807, 2.05) is 25.1 Å². The Hall–Kier alpha value is -2.21. The second kappa shape index (κ2) is 5.65. The van der Waals surface area contributed by atoms with Crippen molar-refractivity contribution in [2.45, 2.75) is 27.3 Å². The highest BCUT2D eigenvalue weighted by Crippen LogP contribution is 2.24. The zero-order valence-electron chi connectivity index (χ0n) is 12.3. The number of aromatic amines is 1. The molecule has 0 amide bonds. The van der Waals surface area contributed by atoms with Crippen LogP contribution < -0.4 is 5.32 Å². The summed E-state index contributed by atoms with van der Waals surface area (Å²) >= 11 is 1.37. The normalized spacial score (nSPS) is 10.8. The molecule has 0 aliphatic carbocycles. The quantitative estimate of drug-likeness (QED) is 0.774. The van der Waals surface area contributed by atoms with Crippen LogP contribution in [0.4, 0.5) is 5.13 Å². The smallest absolute Gasteiger partial charge is 0.203 e. The first-order chi connectivity index (χ1) is 10.1. The predicted molar refractivity (Wildman–Crippen MR) is 85.5 cm³/mol. The molecular formula is C15H17N5S. The van der Waals surface area contributed by atoms with Crippen molar-refractivity contribution in [3.63, 3.8) is 0 Å². The number of hydrogen-bond donors (Lipinski definition) is 2. The maximum absolute atomic E-state index is 4.55. The lowest BCUT2D eigenvalue weighted by atomic mass is 10.1. The number of aryl methyl sites for hydroxylation is 2. The van der Waals surface area contributed by atoms with Gasteiger partial charge >= 0.3 is 0 Å². The number of hydrogen-bond acceptors (Lipinski definition) is 5. The van der Waals surface area contributed by atoms with E-state index in [1.165, 1.54) is 22.7 Å². The summed E-state index contributed by atoms with van der Waals surface area (Å²) in [6.45, 7) is 6.81. The minimum Gasteiger partial charge on any atom is -0.355 e. The second-order valence-corrected chi connectivity index (χ2v) is 5.76. The Balaban J connectivity index is 1.74. The van der Waals surface area contributed by atoms with Crippen molar-refractivity contribution in [1.29, 1.82) is 0 Å². The molecule has 0 radical (unpaired) electrons. The van der Waals surface area contributed by atoms with Gasteiger partial charge < -0.3 is 5.32 Å². The van der Waals surface area contributed by atoms with E-state index in [9.17, 15) is 0 Å². The van der Waals surface area contributed by atoms with Crippen molar-refractivity contribution in [2.75, 3.05) is 5.32 Å². The Bertz CT molecular complexity index is 759. The number of rotatable bonds is 4. The molecule has 3 aromatic rings. The Morgan fingerprint density at radius 1 is 1.19 bits per heavy atom. The highest BCUT2D eigenvalue weighted by Gasteiger charge is 2.10. The van der Waals surface area contributed by atoms with Crippen LogP contribution in [0, 0.1) is 20.8 Å². The van der Waals surface area contributed by atoms with E-state index in [0.29, 0.717) is 6.54 Å². The van der Waals surface area contributed by atoms with Gasteiger partial charge in [0.25, 0.3) is 0 Å². The van der Waals surface area contributed by atoms with Crippen LogP contribution in [0.5, 0.6) is 0 Å². The monoisotopic (exact) mass is 299 g/mol. The number of aromatic nitrogens is 4. The summed E-state index contributed by atoms with van der Waals surface area (Å²) in [6.07, 6.45) is 0. The highest BCUT2D eigenvalue weighted by atomic mass is 32.1. The first-order valence-electron chi connectivity index (χ1n) is 6.79. The van der Waals surface area contributed by atoms with Gasteiger partial charge in [0.2, 0.25) is 5.13 Å². The van der Waals surface area contributed by atoms with Gasteiger partial charge in [-0.25, -0.2) is 0 Å². The Morgan fingerprint density at radius 3 is 2.71 bits per heavy atom. The van der Waals surface area contributed by atoms with E-state index in [1.54, 1.807) is 0 Å². The van der Waals surface area contributed by atoms with Crippen LogP contribution in [0.2, 0.25) is 0 Å². The lowest BCUT2D eigenvalue weighted by Gasteiger charge is -2.01. The van der Waals surface area contributed by atoms with E-state index >= 15 is 0 Å². The molecule has 0 saturated heterocycles. The summed E-state index contributed by atoms with van der Waals surface area (Å²) in [5.74, 6) is 0.774. The zero-order valence-corrected chi connectivity index (χ0v) is 13.1. The number of nitrogens with zero attached hydrogens (tertiary/aromatic N) is 3. The van der Waals surface area contributed by atoms with Crippen LogP contribution in [-0.4, -0.2) is 19.6 Å². The molecule has 0 unspecified atom stereocenters. The third kappa shape index (κ3) is 2.80. The SMILES string of the molecule is Cc1ccccc1-c1nsc(NCc2n[nH]c(C)c2C)n1. The lowest BCUT2D eigenvalue weighted by Crippen LogP contribution is -2.01. The van der Waals surface area contributed by atoms with Gasteiger partial charge in [-0.1, -0.05) is 24.3 Å². The van der Waals surface area contributed by atoms with Crippen LogP contribution in [0.3, 0.4) is 0 Å². The summed E-state index contributed by atoms with van der Waals surface area (Å²) in [7, 11) is 0. The van der Waals surface area contributed by atoms with E-state index in [4.69, 9.17) is 0 Å². The molecule has 108 valence electrons. The second-order valence-electron chi connectivity index (χ2n) is 5.01. The molecule has 0 bridgehead atoms. The van der Waals surface area contributed by atoms with Gasteiger partial charge in [0.05, 0.1) is 12.2 Å².